The van der Waals surface area contributed by atoms with Crippen molar-refractivity contribution in [1.29, 1.82) is 0 Å². The van der Waals surface area contributed by atoms with E-state index in [0.717, 1.165) is 12.8 Å². The quantitative estimate of drug-likeness (QED) is 0.901. The summed E-state index contributed by atoms with van der Waals surface area (Å²) in [5.41, 5.74) is 0.294. The lowest BCUT2D eigenvalue weighted by atomic mass is 10.2. The van der Waals surface area contributed by atoms with Gasteiger partial charge in [0.25, 0.3) is 5.56 Å². The van der Waals surface area contributed by atoms with Crippen molar-refractivity contribution in [2.24, 2.45) is 0 Å². The first-order valence-electron chi connectivity index (χ1n) is 6.82. The summed E-state index contributed by atoms with van der Waals surface area (Å²) in [5.74, 6) is -0.553. The van der Waals surface area contributed by atoms with Crippen LogP contribution in [0.3, 0.4) is 0 Å². The molecule has 0 aliphatic heterocycles. The van der Waals surface area contributed by atoms with Gasteiger partial charge in [-0.1, -0.05) is 12.1 Å². The number of carboxylic acid groups (broad SMARTS) is 1. The molecule has 3 rings (SSSR count). The van der Waals surface area contributed by atoms with Crippen LogP contribution in [0.25, 0.3) is 10.9 Å². The highest BCUT2D eigenvalue weighted by Crippen LogP contribution is 2.42. The molecule has 0 spiro atoms. The Labute approximate surface area is 121 Å². The maximum absolute atomic E-state index is 12.7. The van der Waals surface area contributed by atoms with Crippen LogP contribution in [-0.2, 0) is 21.7 Å². The topological polar surface area (TPSA) is 81.4 Å². The number of rotatable bonds is 5. The molecule has 0 atom stereocenters. The summed E-state index contributed by atoms with van der Waals surface area (Å²) in [5, 5.41) is 9.22. The number of carboxylic acids is 1. The third-order valence-corrected chi connectivity index (χ3v) is 3.82. The van der Waals surface area contributed by atoms with Crippen LogP contribution in [0.5, 0.6) is 0 Å². The van der Waals surface area contributed by atoms with Gasteiger partial charge in [-0.25, -0.2) is 9.78 Å². The molecule has 0 bridgehead atoms. The zero-order valence-electron chi connectivity index (χ0n) is 11.7. The highest BCUT2D eigenvalue weighted by molar-refractivity contribution is 5.77. The normalized spacial score (nSPS) is 16.0. The van der Waals surface area contributed by atoms with E-state index in [9.17, 15) is 9.59 Å². The van der Waals surface area contributed by atoms with Crippen LogP contribution in [0.15, 0.2) is 29.1 Å². The second-order valence-electron chi connectivity index (χ2n) is 5.57. The SMILES string of the molecule is CC1(n2c(COCC(=O)O)nc3ccccc3c2=O)CC1. The maximum Gasteiger partial charge on any atom is 0.329 e. The number of aliphatic carboxylic acids is 1. The third kappa shape index (κ3) is 2.54. The van der Waals surface area contributed by atoms with Crippen molar-refractivity contribution in [2.75, 3.05) is 6.61 Å². The fourth-order valence-electron chi connectivity index (χ4n) is 2.47. The van der Waals surface area contributed by atoms with Crippen LogP contribution in [-0.4, -0.2) is 27.2 Å². The van der Waals surface area contributed by atoms with E-state index in [-0.39, 0.29) is 17.7 Å². The van der Waals surface area contributed by atoms with Crippen molar-refractivity contribution in [3.8, 4) is 0 Å². The lowest BCUT2D eigenvalue weighted by Gasteiger charge is -2.18. The number of aromatic nitrogens is 2. The van der Waals surface area contributed by atoms with Gasteiger partial charge in [0.2, 0.25) is 0 Å². The zero-order valence-corrected chi connectivity index (χ0v) is 11.7. The van der Waals surface area contributed by atoms with Crippen molar-refractivity contribution < 1.29 is 14.6 Å². The van der Waals surface area contributed by atoms with Crippen LogP contribution in [0, 0.1) is 0 Å². The summed E-state index contributed by atoms with van der Waals surface area (Å²) < 4.78 is 6.79. The van der Waals surface area contributed by atoms with E-state index >= 15 is 0 Å². The lowest BCUT2D eigenvalue weighted by molar-refractivity contribution is -0.142. The highest BCUT2D eigenvalue weighted by Gasteiger charge is 2.42. The van der Waals surface area contributed by atoms with Gasteiger partial charge in [0, 0.05) is 5.54 Å². The number of benzene rings is 1. The van der Waals surface area contributed by atoms with Gasteiger partial charge in [0.15, 0.2) is 0 Å². The molecule has 1 saturated carbocycles. The Morgan fingerprint density at radius 1 is 1.43 bits per heavy atom. The maximum atomic E-state index is 12.7. The van der Waals surface area contributed by atoms with Crippen molar-refractivity contribution >= 4 is 16.9 Å². The Morgan fingerprint density at radius 3 is 2.81 bits per heavy atom. The van der Waals surface area contributed by atoms with E-state index in [2.05, 4.69) is 4.98 Å². The molecule has 1 fully saturated rings. The van der Waals surface area contributed by atoms with Crippen molar-refractivity contribution in [1.82, 2.24) is 9.55 Å². The monoisotopic (exact) mass is 288 g/mol. The smallest absolute Gasteiger partial charge is 0.329 e. The predicted molar refractivity (Wildman–Crippen MR) is 76.2 cm³/mol. The molecule has 0 saturated heterocycles. The van der Waals surface area contributed by atoms with Gasteiger partial charge in [0.1, 0.15) is 19.0 Å². The van der Waals surface area contributed by atoms with Gasteiger partial charge in [0.05, 0.1) is 10.9 Å². The van der Waals surface area contributed by atoms with E-state index in [1.807, 2.05) is 19.1 Å². The number of hydrogen-bond acceptors (Lipinski definition) is 4. The molecule has 1 aliphatic rings. The molecule has 0 unspecified atom stereocenters. The molecule has 21 heavy (non-hydrogen) atoms. The van der Waals surface area contributed by atoms with Crippen LogP contribution in [0.1, 0.15) is 25.6 Å². The standard InChI is InChI=1S/C15H16N2O4/c1-15(6-7-15)17-12(8-21-9-13(18)19)16-11-5-3-2-4-10(11)14(17)20/h2-5H,6-9H2,1H3,(H,18,19). The molecule has 0 amide bonds. The second-order valence-corrected chi connectivity index (χ2v) is 5.57. The molecule has 6 nitrogen and oxygen atoms in total. The Balaban J connectivity index is 2.08. The summed E-state index contributed by atoms with van der Waals surface area (Å²) in [6, 6.07) is 7.16. The molecule has 6 heteroatoms. The zero-order chi connectivity index (χ0) is 15.0. The molecule has 1 aliphatic carbocycles. The first-order valence-corrected chi connectivity index (χ1v) is 6.82. The summed E-state index contributed by atoms with van der Waals surface area (Å²) in [6.45, 7) is 1.62. The van der Waals surface area contributed by atoms with Crippen molar-refractivity contribution in [3.63, 3.8) is 0 Å². The Hall–Kier alpha value is -2.21. The number of ether oxygens (including phenoxy) is 1. The minimum absolute atomic E-state index is 0.0158. The van der Waals surface area contributed by atoms with Crippen LogP contribution >= 0.6 is 0 Å². The first kappa shape index (κ1) is 13.8. The fraction of sp³-hybridized carbons (Fsp3) is 0.400. The Morgan fingerprint density at radius 2 is 2.14 bits per heavy atom. The number of nitrogens with zero attached hydrogens (tertiary/aromatic N) is 2. The first-order chi connectivity index (χ1) is 10.0. The van der Waals surface area contributed by atoms with Crippen LogP contribution in [0.4, 0.5) is 0 Å². The molecule has 1 aromatic heterocycles. The third-order valence-electron chi connectivity index (χ3n) is 3.82. The van der Waals surface area contributed by atoms with Gasteiger partial charge in [-0.05, 0) is 31.9 Å². The predicted octanol–water partition coefficient (Wildman–Crippen LogP) is 1.51. The second kappa shape index (κ2) is 4.96. The van der Waals surface area contributed by atoms with E-state index in [1.54, 1.807) is 16.7 Å². The lowest BCUT2D eigenvalue weighted by Crippen LogP contribution is -2.33. The van der Waals surface area contributed by atoms with E-state index in [0.29, 0.717) is 16.7 Å². The minimum Gasteiger partial charge on any atom is -0.480 e. The molecule has 1 heterocycles. The number of hydrogen-bond donors (Lipinski definition) is 1. The Bertz CT molecular complexity index is 762. The summed E-state index contributed by atoms with van der Waals surface area (Å²) >= 11 is 0. The number of carbonyl (C=O) groups is 1. The van der Waals surface area contributed by atoms with Crippen molar-refractivity contribution in [3.05, 3.63) is 40.4 Å². The van der Waals surface area contributed by atoms with E-state index < -0.39 is 12.6 Å². The van der Waals surface area contributed by atoms with Gasteiger partial charge >= 0.3 is 5.97 Å². The van der Waals surface area contributed by atoms with Gasteiger partial charge in [-0.15, -0.1) is 0 Å². The number of fused-ring (bicyclic) bond motifs is 1. The molecule has 2 aromatic rings. The van der Waals surface area contributed by atoms with Gasteiger partial charge in [-0.3, -0.25) is 9.36 Å². The van der Waals surface area contributed by atoms with E-state index in [1.165, 1.54) is 0 Å². The minimum atomic E-state index is -1.04. The Kier molecular flexibility index (Phi) is 3.25. The largest absolute Gasteiger partial charge is 0.480 e. The highest BCUT2D eigenvalue weighted by atomic mass is 16.5. The summed E-state index contributed by atoms with van der Waals surface area (Å²) in [7, 11) is 0. The average Bonchev–Trinajstić information content (AvgIpc) is 3.17. The molecular formula is C15H16N2O4. The van der Waals surface area contributed by atoms with Crippen molar-refractivity contribution in [2.45, 2.75) is 31.9 Å². The molecule has 1 aromatic carbocycles. The average molecular weight is 288 g/mol. The number of para-hydroxylation sites is 1. The van der Waals surface area contributed by atoms with E-state index in [4.69, 9.17) is 9.84 Å². The molecule has 0 radical (unpaired) electrons. The summed E-state index contributed by atoms with van der Waals surface area (Å²) in [4.78, 5) is 27.7. The van der Waals surface area contributed by atoms with Gasteiger partial charge < -0.3 is 9.84 Å². The van der Waals surface area contributed by atoms with Crippen LogP contribution in [0.2, 0.25) is 0 Å². The summed E-state index contributed by atoms with van der Waals surface area (Å²) in [6.07, 6.45) is 1.83. The van der Waals surface area contributed by atoms with Gasteiger partial charge in [-0.2, -0.15) is 0 Å². The molecule has 1 N–H and O–H groups in total. The molecule has 110 valence electrons. The van der Waals surface area contributed by atoms with Crippen LogP contribution < -0.4 is 5.56 Å². The molecular weight excluding hydrogens is 272 g/mol. The fourth-order valence-corrected chi connectivity index (χ4v) is 2.47.